The highest BCUT2D eigenvalue weighted by Gasteiger charge is 2.27. The third-order valence-corrected chi connectivity index (χ3v) is 3.72. The zero-order valence-electron chi connectivity index (χ0n) is 11.3. The molecule has 2 aliphatic heterocycles. The summed E-state index contributed by atoms with van der Waals surface area (Å²) in [5, 5.41) is 9.36. The summed E-state index contributed by atoms with van der Waals surface area (Å²) in [4.78, 5) is 14.1. The number of carbonyl (C=O) groups excluding carboxylic acids is 1. The number of aromatic hydroxyl groups is 1. The van der Waals surface area contributed by atoms with Gasteiger partial charge in [-0.15, -0.1) is 0 Å². The first-order chi connectivity index (χ1) is 9.63. The molecule has 3 rings (SSSR count). The molecule has 1 amide bonds. The van der Waals surface area contributed by atoms with Gasteiger partial charge in [0.25, 0.3) is 5.91 Å². The van der Waals surface area contributed by atoms with Gasteiger partial charge in [0, 0.05) is 19.2 Å². The Morgan fingerprint density at radius 1 is 1.30 bits per heavy atom. The fourth-order valence-electron chi connectivity index (χ4n) is 2.39. The van der Waals surface area contributed by atoms with E-state index in [1.54, 1.807) is 11.0 Å². The molecule has 1 aromatic carbocycles. The van der Waals surface area contributed by atoms with Crippen molar-refractivity contribution in [2.45, 2.75) is 19.8 Å². The summed E-state index contributed by atoms with van der Waals surface area (Å²) in [6.45, 7) is 3.70. The SMILES string of the molecule is CC1CCN(C(=O)C2=COc3cc(O)ccc3O2)CC1. The minimum Gasteiger partial charge on any atom is -0.508 e. The average molecular weight is 275 g/mol. The van der Waals surface area contributed by atoms with Crippen molar-refractivity contribution in [3.63, 3.8) is 0 Å². The molecule has 1 N–H and O–H groups in total. The third kappa shape index (κ3) is 2.43. The van der Waals surface area contributed by atoms with Crippen LogP contribution in [0.5, 0.6) is 17.2 Å². The van der Waals surface area contributed by atoms with Crippen LogP contribution >= 0.6 is 0 Å². The summed E-state index contributed by atoms with van der Waals surface area (Å²) in [5.41, 5.74) is 0. The summed E-state index contributed by atoms with van der Waals surface area (Å²) in [7, 11) is 0. The van der Waals surface area contributed by atoms with E-state index in [0.717, 1.165) is 25.9 Å². The second kappa shape index (κ2) is 5.07. The van der Waals surface area contributed by atoms with Crippen molar-refractivity contribution in [3.05, 3.63) is 30.2 Å². The third-order valence-electron chi connectivity index (χ3n) is 3.72. The lowest BCUT2D eigenvalue weighted by molar-refractivity contribution is -0.131. The molecular weight excluding hydrogens is 258 g/mol. The molecule has 106 valence electrons. The molecule has 0 radical (unpaired) electrons. The smallest absolute Gasteiger partial charge is 0.292 e. The maximum absolute atomic E-state index is 12.3. The summed E-state index contributed by atoms with van der Waals surface area (Å²) in [6.07, 6.45) is 3.34. The molecule has 2 aliphatic rings. The highest BCUT2D eigenvalue weighted by atomic mass is 16.6. The van der Waals surface area contributed by atoms with Crippen molar-refractivity contribution in [3.8, 4) is 17.2 Å². The van der Waals surface area contributed by atoms with E-state index in [1.165, 1.54) is 18.4 Å². The van der Waals surface area contributed by atoms with Crippen LogP contribution in [0.1, 0.15) is 19.8 Å². The number of hydrogen-bond donors (Lipinski definition) is 1. The number of hydrogen-bond acceptors (Lipinski definition) is 4. The van der Waals surface area contributed by atoms with E-state index in [-0.39, 0.29) is 17.4 Å². The lowest BCUT2D eigenvalue weighted by Gasteiger charge is -2.31. The maximum atomic E-state index is 12.3. The van der Waals surface area contributed by atoms with E-state index in [2.05, 4.69) is 6.92 Å². The second-order valence-corrected chi connectivity index (χ2v) is 5.31. The molecule has 0 atom stereocenters. The van der Waals surface area contributed by atoms with Crippen LogP contribution in [-0.2, 0) is 4.79 Å². The fraction of sp³-hybridized carbons (Fsp3) is 0.400. The Morgan fingerprint density at radius 2 is 2.05 bits per heavy atom. The van der Waals surface area contributed by atoms with Gasteiger partial charge in [0.15, 0.2) is 11.5 Å². The maximum Gasteiger partial charge on any atom is 0.292 e. The Hall–Kier alpha value is -2.17. The Balaban J connectivity index is 1.72. The van der Waals surface area contributed by atoms with E-state index in [4.69, 9.17) is 9.47 Å². The van der Waals surface area contributed by atoms with Crippen LogP contribution in [0.4, 0.5) is 0 Å². The number of ether oxygens (including phenoxy) is 2. The number of nitrogens with zero attached hydrogens (tertiary/aromatic N) is 1. The van der Waals surface area contributed by atoms with Gasteiger partial charge >= 0.3 is 0 Å². The van der Waals surface area contributed by atoms with E-state index >= 15 is 0 Å². The Labute approximate surface area is 117 Å². The Bertz CT molecular complexity index is 559. The summed E-state index contributed by atoms with van der Waals surface area (Å²) in [6, 6.07) is 4.54. The van der Waals surface area contributed by atoms with Gasteiger partial charge in [0.1, 0.15) is 12.0 Å². The molecule has 0 aliphatic carbocycles. The number of amides is 1. The first kappa shape index (κ1) is 12.8. The van der Waals surface area contributed by atoms with Crippen LogP contribution in [0.25, 0.3) is 0 Å². The number of fused-ring (bicyclic) bond motifs is 1. The van der Waals surface area contributed by atoms with E-state index in [0.29, 0.717) is 17.4 Å². The van der Waals surface area contributed by atoms with Crippen molar-refractivity contribution in [2.75, 3.05) is 13.1 Å². The van der Waals surface area contributed by atoms with E-state index in [1.807, 2.05) is 0 Å². The van der Waals surface area contributed by atoms with Gasteiger partial charge < -0.3 is 19.5 Å². The molecule has 1 fully saturated rings. The zero-order valence-corrected chi connectivity index (χ0v) is 11.3. The van der Waals surface area contributed by atoms with Gasteiger partial charge in [-0.3, -0.25) is 4.79 Å². The van der Waals surface area contributed by atoms with Gasteiger partial charge in [0.2, 0.25) is 5.76 Å². The zero-order chi connectivity index (χ0) is 14.1. The molecule has 0 unspecified atom stereocenters. The number of rotatable bonds is 1. The first-order valence-corrected chi connectivity index (χ1v) is 6.80. The van der Waals surface area contributed by atoms with Crippen LogP contribution in [-0.4, -0.2) is 29.0 Å². The molecule has 20 heavy (non-hydrogen) atoms. The molecule has 0 bridgehead atoms. The predicted octanol–water partition coefficient (Wildman–Crippen LogP) is 2.26. The van der Waals surface area contributed by atoms with Crippen molar-refractivity contribution >= 4 is 5.91 Å². The number of piperidine rings is 1. The molecule has 0 saturated carbocycles. The van der Waals surface area contributed by atoms with E-state index in [9.17, 15) is 9.90 Å². The number of phenolic OH excluding ortho intramolecular Hbond substituents is 1. The molecular formula is C15H17NO4. The van der Waals surface area contributed by atoms with E-state index < -0.39 is 0 Å². The van der Waals surface area contributed by atoms with Crippen molar-refractivity contribution < 1.29 is 19.4 Å². The summed E-state index contributed by atoms with van der Waals surface area (Å²) in [5.74, 6) is 1.67. The number of likely N-dealkylation sites (tertiary alicyclic amines) is 1. The van der Waals surface area contributed by atoms with Crippen molar-refractivity contribution in [1.29, 1.82) is 0 Å². The highest BCUT2D eigenvalue weighted by molar-refractivity contribution is 5.92. The van der Waals surface area contributed by atoms with Crippen molar-refractivity contribution in [2.24, 2.45) is 5.92 Å². The van der Waals surface area contributed by atoms with Crippen LogP contribution in [0.15, 0.2) is 30.2 Å². The monoisotopic (exact) mass is 275 g/mol. The molecule has 5 nitrogen and oxygen atoms in total. The van der Waals surface area contributed by atoms with Gasteiger partial charge in [-0.2, -0.15) is 0 Å². The number of phenols is 1. The van der Waals surface area contributed by atoms with Gasteiger partial charge in [-0.05, 0) is 30.9 Å². The largest absolute Gasteiger partial charge is 0.508 e. The molecule has 2 heterocycles. The van der Waals surface area contributed by atoms with Crippen molar-refractivity contribution in [1.82, 2.24) is 4.90 Å². The molecule has 0 spiro atoms. The minimum absolute atomic E-state index is 0.0977. The standard InChI is InChI=1S/C15H17NO4/c1-10-4-6-16(7-5-10)15(18)14-9-19-13-8-11(17)2-3-12(13)20-14/h2-3,8-10,17H,4-7H2,1H3. The second-order valence-electron chi connectivity index (χ2n) is 5.31. The summed E-state index contributed by atoms with van der Waals surface area (Å²) >= 11 is 0. The Morgan fingerprint density at radius 3 is 2.80 bits per heavy atom. The highest BCUT2D eigenvalue weighted by Crippen LogP contribution is 2.35. The topological polar surface area (TPSA) is 59.0 Å². The first-order valence-electron chi connectivity index (χ1n) is 6.80. The minimum atomic E-state index is -0.143. The quantitative estimate of drug-likeness (QED) is 0.854. The fourth-order valence-corrected chi connectivity index (χ4v) is 2.39. The van der Waals surface area contributed by atoms with Gasteiger partial charge in [-0.1, -0.05) is 6.92 Å². The lowest BCUT2D eigenvalue weighted by Crippen LogP contribution is -2.40. The van der Waals surface area contributed by atoms with Crippen LogP contribution in [0.3, 0.4) is 0 Å². The van der Waals surface area contributed by atoms with Crippen LogP contribution in [0, 0.1) is 5.92 Å². The number of carbonyl (C=O) groups is 1. The van der Waals surface area contributed by atoms with Crippen LogP contribution in [0.2, 0.25) is 0 Å². The molecule has 0 aromatic heterocycles. The predicted molar refractivity (Wildman–Crippen MR) is 72.4 cm³/mol. The van der Waals surface area contributed by atoms with Gasteiger partial charge in [0.05, 0.1) is 0 Å². The lowest BCUT2D eigenvalue weighted by atomic mass is 9.99. The van der Waals surface area contributed by atoms with Crippen LogP contribution < -0.4 is 9.47 Å². The molecule has 5 heteroatoms. The molecule has 1 saturated heterocycles. The Kier molecular flexibility index (Phi) is 3.26. The normalized spacial score (nSPS) is 18.6. The molecule has 1 aromatic rings. The number of benzene rings is 1. The average Bonchev–Trinajstić information content (AvgIpc) is 2.47. The van der Waals surface area contributed by atoms with Gasteiger partial charge in [-0.25, -0.2) is 0 Å². The summed E-state index contributed by atoms with van der Waals surface area (Å²) < 4.78 is 10.9.